The highest BCUT2D eigenvalue weighted by atomic mass is 16.5. The molecule has 0 fully saturated rings. The Hall–Kier alpha value is -3.80. The van der Waals surface area contributed by atoms with Crippen LogP contribution in [-0.4, -0.2) is 28.7 Å². The fraction of sp³-hybridized carbons (Fsp3) is 0.259. The summed E-state index contributed by atoms with van der Waals surface area (Å²) in [5.74, 6) is 2.23. The molecule has 0 saturated carbocycles. The monoisotopic (exact) mass is 443 g/mol. The molecule has 0 saturated heterocycles. The Morgan fingerprint density at radius 3 is 2.61 bits per heavy atom. The van der Waals surface area contributed by atoms with Gasteiger partial charge >= 0.3 is 0 Å². The maximum absolute atomic E-state index is 12.4. The Morgan fingerprint density at radius 1 is 0.970 bits per heavy atom. The summed E-state index contributed by atoms with van der Waals surface area (Å²) in [6, 6.07) is 23.8. The summed E-state index contributed by atoms with van der Waals surface area (Å²) in [6.45, 7) is 5.63. The van der Waals surface area contributed by atoms with Crippen LogP contribution in [0, 0.1) is 13.8 Å². The fourth-order valence-corrected chi connectivity index (χ4v) is 3.67. The van der Waals surface area contributed by atoms with Gasteiger partial charge in [-0.3, -0.25) is 4.79 Å². The fourth-order valence-electron chi connectivity index (χ4n) is 3.67. The standard InChI is InChI=1S/C27H29N3O3/c1-20-13-14-21(2)25(17-20)33-19-27(31)28-18-26-29-23-11-6-7-12-24(23)30(26)15-8-16-32-22-9-4-3-5-10-22/h3-7,9-14,17H,8,15-16,18-19H2,1-2H3,(H,28,31). The van der Waals surface area contributed by atoms with Crippen molar-refractivity contribution in [2.45, 2.75) is 33.4 Å². The van der Waals surface area contributed by atoms with Crippen molar-refractivity contribution < 1.29 is 14.3 Å². The van der Waals surface area contributed by atoms with Crippen LogP contribution in [0.5, 0.6) is 11.5 Å². The van der Waals surface area contributed by atoms with Crippen molar-refractivity contribution in [1.82, 2.24) is 14.9 Å². The molecular formula is C27H29N3O3. The van der Waals surface area contributed by atoms with Crippen molar-refractivity contribution in [3.63, 3.8) is 0 Å². The highest BCUT2D eigenvalue weighted by Crippen LogP contribution is 2.19. The van der Waals surface area contributed by atoms with E-state index in [0.29, 0.717) is 13.2 Å². The van der Waals surface area contributed by atoms with E-state index in [0.717, 1.165) is 52.4 Å². The molecule has 3 aromatic carbocycles. The second-order valence-electron chi connectivity index (χ2n) is 8.02. The Balaban J connectivity index is 1.35. The number of carbonyl (C=O) groups excluding carboxylic acids is 1. The molecule has 1 N–H and O–H groups in total. The molecule has 0 aliphatic heterocycles. The molecule has 1 amide bonds. The lowest BCUT2D eigenvalue weighted by molar-refractivity contribution is -0.123. The van der Waals surface area contributed by atoms with E-state index in [1.165, 1.54) is 0 Å². The van der Waals surface area contributed by atoms with Gasteiger partial charge in [0.2, 0.25) is 0 Å². The van der Waals surface area contributed by atoms with Gasteiger partial charge in [0.1, 0.15) is 17.3 Å². The molecule has 0 radical (unpaired) electrons. The number of amides is 1. The van der Waals surface area contributed by atoms with E-state index in [-0.39, 0.29) is 12.5 Å². The summed E-state index contributed by atoms with van der Waals surface area (Å²) in [4.78, 5) is 17.2. The lowest BCUT2D eigenvalue weighted by Crippen LogP contribution is -2.29. The van der Waals surface area contributed by atoms with E-state index in [1.807, 2.05) is 80.6 Å². The number of carbonyl (C=O) groups is 1. The van der Waals surface area contributed by atoms with Gasteiger partial charge in [-0.15, -0.1) is 0 Å². The van der Waals surface area contributed by atoms with E-state index < -0.39 is 0 Å². The van der Waals surface area contributed by atoms with Gasteiger partial charge < -0.3 is 19.4 Å². The number of nitrogens with one attached hydrogen (secondary N) is 1. The molecule has 0 spiro atoms. The molecule has 170 valence electrons. The zero-order valence-corrected chi connectivity index (χ0v) is 19.1. The number of ether oxygens (including phenoxy) is 2. The first-order chi connectivity index (χ1) is 16.1. The van der Waals surface area contributed by atoms with Crippen LogP contribution in [-0.2, 0) is 17.9 Å². The van der Waals surface area contributed by atoms with Gasteiger partial charge in [0.25, 0.3) is 5.91 Å². The molecule has 1 heterocycles. The van der Waals surface area contributed by atoms with E-state index in [2.05, 4.69) is 16.0 Å². The summed E-state index contributed by atoms with van der Waals surface area (Å²) in [5, 5.41) is 2.94. The van der Waals surface area contributed by atoms with Crippen LogP contribution in [0.3, 0.4) is 0 Å². The number of fused-ring (bicyclic) bond motifs is 1. The van der Waals surface area contributed by atoms with Crippen molar-refractivity contribution in [3.8, 4) is 11.5 Å². The topological polar surface area (TPSA) is 65.4 Å². The SMILES string of the molecule is Cc1ccc(C)c(OCC(=O)NCc2nc3ccccc3n2CCCOc2ccccc2)c1. The van der Waals surface area contributed by atoms with Crippen LogP contribution in [0.2, 0.25) is 0 Å². The summed E-state index contributed by atoms with van der Waals surface area (Å²) < 4.78 is 13.7. The normalized spacial score (nSPS) is 10.8. The minimum Gasteiger partial charge on any atom is -0.494 e. The number of nitrogens with zero attached hydrogens (tertiary/aromatic N) is 2. The molecule has 6 heteroatoms. The number of para-hydroxylation sites is 3. The molecule has 0 atom stereocenters. The van der Waals surface area contributed by atoms with Gasteiger partial charge in [-0.2, -0.15) is 0 Å². The first-order valence-electron chi connectivity index (χ1n) is 11.2. The van der Waals surface area contributed by atoms with Crippen molar-refractivity contribution in [2.75, 3.05) is 13.2 Å². The summed E-state index contributed by atoms with van der Waals surface area (Å²) in [6.07, 6.45) is 0.825. The summed E-state index contributed by atoms with van der Waals surface area (Å²) >= 11 is 0. The molecule has 4 aromatic rings. The van der Waals surface area contributed by atoms with Crippen LogP contribution < -0.4 is 14.8 Å². The van der Waals surface area contributed by atoms with Crippen molar-refractivity contribution in [3.05, 3.63) is 89.7 Å². The molecule has 33 heavy (non-hydrogen) atoms. The Morgan fingerprint density at radius 2 is 1.76 bits per heavy atom. The molecule has 0 aliphatic rings. The largest absolute Gasteiger partial charge is 0.494 e. The second kappa shape index (κ2) is 10.7. The third kappa shape index (κ3) is 5.92. The Bertz CT molecular complexity index is 1220. The number of hydrogen-bond donors (Lipinski definition) is 1. The smallest absolute Gasteiger partial charge is 0.258 e. The van der Waals surface area contributed by atoms with E-state index in [9.17, 15) is 4.79 Å². The minimum absolute atomic E-state index is 0.0323. The van der Waals surface area contributed by atoms with E-state index >= 15 is 0 Å². The maximum Gasteiger partial charge on any atom is 0.258 e. The van der Waals surface area contributed by atoms with Gasteiger partial charge in [-0.25, -0.2) is 4.98 Å². The lowest BCUT2D eigenvalue weighted by Gasteiger charge is -2.12. The summed E-state index contributed by atoms with van der Waals surface area (Å²) in [7, 11) is 0. The molecule has 4 rings (SSSR count). The van der Waals surface area contributed by atoms with Crippen molar-refractivity contribution >= 4 is 16.9 Å². The average molecular weight is 444 g/mol. The van der Waals surface area contributed by atoms with Gasteiger partial charge in [-0.05, 0) is 61.7 Å². The molecule has 0 unspecified atom stereocenters. The third-order valence-electron chi connectivity index (χ3n) is 5.42. The third-order valence-corrected chi connectivity index (χ3v) is 5.42. The van der Waals surface area contributed by atoms with Crippen LogP contribution in [0.4, 0.5) is 0 Å². The zero-order chi connectivity index (χ0) is 23.0. The van der Waals surface area contributed by atoms with Gasteiger partial charge in [0, 0.05) is 6.54 Å². The van der Waals surface area contributed by atoms with Gasteiger partial charge in [-0.1, -0.05) is 42.5 Å². The quantitative estimate of drug-likeness (QED) is 0.357. The molecule has 0 bridgehead atoms. The van der Waals surface area contributed by atoms with Crippen molar-refractivity contribution in [1.29, 1.82) is 0 Å². The van der Waals surface area contributed by atoms with Crippen LogP contribution in [0.1, 0.15) is 23.4 Å². The number of imidazole rings is 1. The molecule has 0 aliphatic carbocycles. The highest BCUT2D eigenvalue weighted by molar-refractivity contribution is 5.78. The van der Waals surface area contributed by atoms with E-state index in [1.54, 1.807) is 0 Å². The van der Waals surface area contributed by atoms with Crippen LogP contribution in [0.15, 0.2) is 72.8 Å². The highest BCUT2D eigenvalue weighted by Gasteiger charge is 2.12. The van der Waals surface area contributed by atoms with Crippen LogP contribution >= 0.6 is 0 Å². The number of hydrogen-bond acceptors (Lipinski definition) is 4. The first-order valence-corrected chi connectivity index (χ1v) is 11.2. The molecule has 1 aromatic heterocycles. The average Bonchev–Trinajstić information content (AvgIpc) is 3.19. The van der Waals surface area contributed by atoms with Gasteiger partial charge in [0.05, 0.1) is 24.2 Å². The van der Waals surface area contributed by atoms with Crippen LogP contribution in [0.25, 0.3) is 11.0 Å². The molecular weight excluding hydrogens is 414 g/mol. The van der Waals surface area contributed by atoms with Crippen molar-refractivity contribution in [2.24, 2.45) is 0 Å². The van der Waals surface area contributed by atoms with E-state index in [4.69, 9.17) is 14.5 Å². The van der Waals surface area contributed by atoms with Gasteiger partial charge in [0.15, 0.2) is 6.61 Å². The zero-order valence-electron chi connectivity index (χ0n) is 19.1. The maximum atomic E-state index is 12.4. The second-order valence-corrected chi connectivity index (χ2v) is 8.02. The lowest BCUT2D eigenvalue weighted by atomic mass is 10.1. The number of aryl methyl sites for hydroxylation is 3. The number of benzene rings is 3. The molecule has 6 nitrogen and oxygen atoms in total. The predicted octanol–water partition coefficient (Wildman–Crippen LogP) is 4.82. The predicted molar refractivity (Wildman–Crippen MR) is 130 cm³/mol. The minimum atomic E-state index is -0.179. The Kier molecular flexibility index (Phi) is 7.25. The number of rotatable bonds is 10. The Labute approximate surface area is 194 Å². The summed E-state index contributed by atoms with van der Waals surface area (Å²) in [5.41, 5.74) is 4.07. The number of aromatic nitrogens is 2. The first kappa shape index (κ1) is 22.4.